The van der Waals surface area contributed by atoms with Crippen LogP contribution in [0.1, 0.15) is 37.0 Å². The van der Waals surface area contributed by atoms with E-state index in [1.165, 1.54) is 11.3 Å². The summed E-state index contributed by atoms with van der Waals surface area (Å²) in [6.45, 7) is 4.42. The average Bonchev–Trinajstić information content (AvgIpc) is 3.12. The quantitative estimate of drug-likeness (QED) is 0.344. The molecule has 0 bridgehead atoms. The minimum Gasteiger partial charge on any atom is -0.481 e. The van der Waals surface area contributed by atoms with E-state index in [1.54, 1.807) is 38.1 Å². The molecule has 3 aromatic rings. The van der Waals surface area contributed by atoms with Crippen molar-refractivity contribution >= 4 is 50.2 Å². The third-order valence-corrected chi connectivity index (χ3v) is 5.66. The topological polar surface area (TPSA) is 120 Å². The van der Waals surface area contributed by atoms with Crippen molar-refractivity contribution in [3.8, 4) is 0 Å². The summed E-state index contributed by atoms with van der Waals surface area (Å²) >= 11 is 1.43. The highest BCUT2D eigenvalue weighted by molar-refractivity contribution is 7.22. The van der Waals surface area contributed by atoms with Crippen LogP contribution >= 0.6 is 11.3 Å². The number of carbonyl (C=O) groups is 3. The number of amides is 2. The predicted octanol–water partition coefficient (Wildman–Crippen LogP) is 3.97. The van der Waals surface area contributed by atoms with Crippen molar-refractivity contribution in [3.63, 3.8) is 0 Å². The number of carboxylic acids is 1. The number of aliphatic carboxylic acids is 1. The summed E-state index contributed by atoms with van der Waals surface area (Å²) in [4.78, 5) is 39.7. The molecule has 0 saturated carbocycles. The first-order valence-electron chi connectivity index (χ1n) is 10.2. The van der Waals surface area contributed by atoms with Gasteiger partial charge in [-0.15, -0.1) is 0 Å². The van der Waals surface area contributed by atoms with Crippen molar-refractivity contribution in [3.05, 3.63) is 54.1 Å². The average molecular weight is 455 g/mol. The Balaban J connectivity index is 1.43. The minimum absolute atomic E-state index is 0.0580. The molecular formula is C23H26N4O4S. The van der Waals surface area contributed by atoms with Gasteiger partial charge >= 0.3 is 5.97 Å². The molecule has 0 aliphatic rings. The van der Waals surface area contributed by atoms with E-state index in [0.717, 1.165) is 15.9 Å². The van der Waals surface area contributed by atoms with Crippen LogP contribution < -0.4 is 16.0 Å². The molecule has 2 aromatic carbocycles. The largest absolute Gasteiger partial charge is 0.481 e. The number of nitrogens with one attached hydrogen (secondary N) is 3. The molecule has 3 rings (SSSR count). The van der Waals surface area contributed by atoms with E-state index in [9.17, 15) is 14.4 Å². The first kappa shape index (κ1) is 23.2. The lowest BCUT2D eigenvalue weighted by Gasteiger charge is -2.21. The second-order valence-electron chi connectivity index (χ2n) is 8.21. The molecule has 1 aromatic heterocycles. The standard InChI is InChI=1S/C23H26N4O4S/c1-23(2,14-20(29)30)13-19(28)25-12-11-24-16-9-7-15(8-10-16)21(31)27-22-26-17-5-3-4-6-18(17)32-22/h3-10,24H,11-14H2,1-2H3,(H,25,28)(H,29,30)(H,26,27,31). The number of benzene rings is 2. The summed E-state index contributed by atoms with van der Waals surface area (Å²) in [6.07, 6.45) is 0.0926. The van der Waals surface area contributed by atoms with E-state index in [0.29, 0.717) is 23.8 Å². The van der Waals surface area contributed by atoms with Gasteiger partial charge in [0.1, 0.15) is 0 Å². The Bertz CT molecular complexity index is 1080. The summed E-state index contributed by atoms with van der Waals surface area (Å²) in [5.74, 6) is -1.33. The number of aromatic nitrogens is 1. The van der Waals surface area contributed by atoms with Crippen LogP contribution in [0.2, 0.25) is 0 Å². The molecule has 0 saturated heterocycles. The summed E-state index contributed by atoms with van der Waals surface area (Å²) < 4.78 is 1.01. The van der Waals surface area contributed by atoms with Crippen LogP contribution in [0.25, 0.3) is 10.2 Å². The van der Waals surface area contributed by atoms with Crippen LogP contribution in [0, 0.1) is 5.41 Å². The molecule has 4 N–H and O–H groups in total. The maximum absolute atomic E-state index is 12.5. The van der Waals surface area contributed by atoms with Gasteiger partial charge in [-0.05, 0) is 41.8 Å². The third-order valence-electron chi connectivity index (χ3n) is 4.71. The highest BCUT2D eigenvalue weighted by Gasteiger charge is 2.24. The van der Waals surface area contributed by atoms with E-state index < -0.39 is 11.4 Å². The second-order valence-corrected chi connectivity index (χ2v) is 9.24. The summed E-state index contributed by atoms with van der Waals surface area (Å²) in [6, 6.07) is 14.7. The first-order chi connectivity index (χ1) is 15.2. The Hall–Kier alpha value is -3.46. The molecule has 9 heteroatoms. The molecule has 8 nitrogen and oxygen atoms in total. The van der Waals surface area contributed by atoms with Crippen LogP contribution in [0.3, 0.4) is 0 Å². The Kier molecular flexibility index (Phi) is 7.42. The van der Waals surface area contributed by atoms with Gasteiger partial charge in [0.15, 0.2) is 5.13 Å². The normalized spacial score (nSPS) is 11.2. The number of hydrogen-bond donors (Lipinski definition) is 4. The van der Waals surface area contributed by atoms with E-state index in [1.807, 2.05) is 24.3 Å². The Morgan fingerprint density at radius 3 is 2.41 bits per heavy atom. The zero-order valence-electron chi connectivity index (χ0n) is 18.0. The number of fused-ring (bicyclic) bond motifs is 1. The number of rotatable bonds is 10. The number of carboxylic acid groups (broad SMARTS) is 1. The molecule has 32 heavy (non-hydrogen) atoms. The maximum Gasteiger partial charge on any atom is 0.303 e. The first-order valence-corrected chi connectivity index (χ1v) is 11.0. The summed E-state index contributed by atoms with van der Waals surface area (Å²) in [7, 11) is 0. The van der Waals surface area contributed by atoms with Crippen molar-refractivity contribution < 1.29 is 19.5 Å². The number of thiazole rings is 1. The van der Waals surface area contributed by atoms with Crippen molar-refractivity contribution in [2.24, 2.45) is 5.41 Å². The fourth-order valence-corrected chi connectivity index (χ4v) is 4.07. The Labute approximate surface area is 190 Å². The Morgan fingerprint density at radius 1 is 1.00 bits per heavy atom. The number of anilines is 2. The van der Waals surface area contributed by atoms with Crippen molar-refractivity contribution in [1.82, 2.24) is 10.3 Å². The van der Waals surface area contributed by atoms with E-state index in [2.05, 4.69) is 20.9 Å². The van der Waals surface area contributed by atoms with Crippen molar-refractivity contribution in [2.75, 3.05) is 23.7 Å². The molecule has 0 spiro atoms. The maximum atomic E-state index is 12.5. The minimum atomic E-state index is -0.915. The van der Waals surface area contributed by atoms with Crippen LogP contribution in [0.5, 0.6) is 0 Å². The van der Waals surface area contributed by atoms with Crippen LogP contribution in [0.15, 0.2) is 48.5 Å². The number of nitrogens with zero attached hydrogens (tertiary/aromatic N) is 1. The molecule has 0 aliphatic carbocycles. The van der Waals surface area contributed by atoms with Gasteiger partial charge in [0.25, 0.3) is 5.91 Å². The molecule has 0 unspecified atom stereocenters. The predicted molar refractivity (Wildman–Crippen MR) is 126 cm³/mol. The van der Waals surface area contributed by atoms with Crippen molar-refractivity contribution in [1.29, 1.82) is 0 Å². The van der Waals surface area contributed by atoms with Crippen LogP contribution in [-0.2, 0) is 9.59 Å². The fourth-order valence-electron chi connectivity index (χ4n) is 3.21. The SMILES string of the molecule is CC(C)(CC(=O)O)CC(=O)NCCNc1ccc(C(=O)Nc2nc3ccccc3s2)cc1. The lowest BCUT2D eigenvalue weighted by Crippen LogP contribution is -2.33. The molecule has 2 amide bonds. The van der Waals surface area contributed by atoms with Gasteiger partial charge in [-0.25, -0.2) is 4.98 Å². The fraction of sp³-hybridized carbons (Fsp3) is 0.304. The summed E-state index contributed by atoms with van der Waals surface area (Å²) in [5.41, 5.74) is 1.60. The molecule has 1 heterocycles. The zero-order valence-corrected chi connectivity index (χ0v) is 18.8. The second kappa shape index (κ2) is 10.2. The highest BCUT2D eigenvalue weighted by Crippen LogP contribution is 2.26. The summed E-state index contributed by atoms with van der Waals surface area (Å²) in [5, 5.41) is 18.2. The van der Waals surface area contributed by atoms with E-state index in [4.69, 9.17) is 5.11 Å². The van der Waals surface area contributed by atoms with Crippen molar-refractivity contribution in [2.45, 2.75) is 26.7 Å². The number of carbonyl (C=O) groups excluding carboxylic acids is 2. The van der Waals surface area contributed by atoms with Crippen LogP contribution in [0.4, 0.5) is 10.8 Å². The molecule has 0 atom stereocenters. The zero-order chi connectivity index (χ0) is 23.1. The van der Waals surface area contributed by atoms with E-state index in [-0.39, 0.29) is 24.7 Å². The van der Waals surface area contributed by atoms with Gasteiger partial charge in [-0.1, -0.05) is 37.3 Å². The highest BCUT2D eigenvalue weighted by atomic mass is 32.1. The van der Waals surface area contributed by atoms with Gasteiger partial charge in [0.2, 0.25) is 5.91 Å². The van der Waals surface area contributed by atoms with Gasteiger partial charge in [-0.2, -0.15) is 0 Å². The van der Waals surface area contributed by atoms with Gasteiger partial charge < -0.3 is 15.7 Å². The van der Waals surface area contributed by atoms with Gasteiger partial charge in [-0.3, -0.25) is 19.7 Å². The molecule has 168 valence electrons. The molecule has 0 radical (unpaired) electrons. The molecular weight excluding hydrogens is 428 g/mol. The van der Waals surface area contributed by atoms with Crippen LogP contribution in [-0.4, -0.2) is 41.0 Å². The van der Waals surface area contributed by atoms with Gasteiger partial charge in [0, 0.05) is 30.8 Å². The molecule has 0 aliphatic heterocycles. The van der Waals surface area contributed by atoms with E-state index >= 15 is 0 Å². The monoisotopic (exact) mass is 454 g/mol. The molecule has 0 fully saturated rings. The third kappa shape index (κ3) is 6.78. The lowest BCUT2D eigenvalue weighted by atomic mass is 9.85. The van der Waals surface area contributed by atoms with Gasteiger partial charge in [0.05, 0.1) is 16.6 Å². The number of para-hydroxylation sites is 1. The number of hydrogen-bond acceptors (Lipinski definition) is 6. The smallest absolute Gasteiger partial charge is 0.303 e. The Morgan fingerprint density at radius 2 is 1.72 bits per heavy atom. The lowest BCUT2D eigenvalue weighted by molar-refractivity contribution is -0.139.